The van der Waals surface area contributed by atoms with Crippen LogP contribution >= 0.6 is 0 Å². The van der Waals surface area contributed by atoms with Gasteiger partial charge >= 0.3 is 0 Å². The van der Waals surface area contributed by atoms with Crippen LogP contribution in [0.25, 0.3) is 11.0 Å². The molecule has 3 rings (SSSR count). The molecule has 0 amide bonds. The maximum atomic E-state index is 5.76. The molecule has 114 valence electrons. The van der Waals surface area contributed by atoms with Gasteiger partial charge in [0, 0.05) is 30.9 Å². The minimum Gasteiger partial charge on any atom is -0.376 e. The van der Waals surface area contributed by atoms with Gasteiger partial charge in [-0.3, -0.25) is 0 Å². The second-order valence-electron chi connectivity index (χ2n) is 6.34. The average Bonchev–Trinajstić information content (AvgIpc) is 3.09. The molecule has 0 spiro atoms. The Labute approximate surface area is 126 Å². The molecule has 1 aliphatic heterocycles. The maximum Gasteiger partial charge on any atom is 0.140 e. The molecular weight excluding hydrogens is 262 g/mol. The van der Waals surface area contributed by atoms with Gasteiger partial charge in [0.2, 0.25) is 0 Å². The van der Waals surface area contributed by atoms with Crippen molar-refractivity contribution in [3.63, 3.8) is 0 Å². The molecule has 3 heterocycles. The Hall–Kier alpha value is -1.39. The molecule has 4 heteroatoms. The van der Waals surface area contributed by atoms with Crippen LogP contribution in [0, 0.1) is 5.92 Å². The monoisotopic (exact) mass is 287 g/mol. The van der Waals surface area contributed by atoms with Crippen molar-refractivity contribution in [2.45, 2.75) is 45.9 Å². The molecule has 2 aromatic heterocycles. The number of aromatic nitrogens is 2. The van der Waals surface area contributed by atoms with E-state index in [1.807, 2.05) is 12.3 Å². The first kappa shape index (κ1) is 14.5. The zero-order valence-corrected chi connectivity index (χ0v) is 13.0. The molecule has 4 nitrogen and oxygen atoms in total. The quantitative estimate of drug-likeness (QED) is 0.888. The molecule has 1 aliphatic rings. The van der Waals surface area contributed by atoms with Gasteiger partial charge in [0.1, 0.15) is 5.65 Å². The number of nitrogens with zero attached hydrogens (tertiary/aromatic N) is 2. The van der Waals surface area contributed by atoms with E-state index in [1.54, 1.807) is 0 Å². The Balaban J connectivity index is 1.79. The van der Waals surface area contributed by atoms with Crippen LogP contribution in [0.5, 0.6) is 0 Å². The molecule has 0 bridgehead atoms. The van der Waals surface area contributed by atoms with E-state index in [2.05, 4.69) is 41.0 Å². The van der Waals surface area contributed by atoms with Crippen LogP contribution in [0.2, 0.25) is 0 Å². The van der Waals surface area contributed by atoms with Crippen LogP contribution < -0.4 is 5.32 Å². The van der Waals surface area contributed by atoms with Gasteiger partial charge in [-0.15, -0.1) is 0 Å². The summed E-state index contributed by atoms with van der Waals surface area (Å²) in [5, 5.41) is 4.78. The molecule has 1 unspecified atom stereocenters. The van der Waals surface area contributed by atoms with Gasteiger partial charge in [-0.05, 0) is 43.0 Å². The molecule has 2 aromatic rings. The summed E-state index contributed by atoms with van der Waals surface area (Å²) in [5.74, 6) is 0.670. The predicted molar refractivity (Wildman–Crippen MR) is 85.3 cm³/mol. The van der Waals surface area contributed by atoms with Crippen molar-refractivity contribution in [1.82, 2.24) is 14.9 Å². The summed E-state index contributed by atoms with van der Waals surface area (Å²) in [7, 11) is 0. The molecular formula is C17H25N3O. The lowest BCUT2D eigenvalue weighted by Crippen LogP contribution is -2.19. The third-order valence-corrected chi connectivity index (χ3v) is 4.01. The minimum atomic E-state index is 0.346. The van der Waals surface area contributed by atoms with Crippen molar-refractivity contribution in [3.05, 3.63) is 30.1 Å². The van der Waals surface area contributed by atoms with Crippen LogP contribution in [-0.2, 0) is 17.8 Å². The summed E-state index contributed by atoms with van der Waals surface area (Å²) >= 11 is 0. The molecule has 0 aliphatic carbocycles. The summed E-state index contributed by atoms with van der Waals surface area (Å²) < 4.78 is 8.03. The van der Waals surface area contributed by atoms with E-state index in [4.69, 9.17) is 4.74 Å². The number of rotatable bonds is 6. The van der Waals surface area contributed by atoms with Crippen molar-refractivity contribution in [2.24, 2.45) is 5.92 Å². The first-order valence-electron chi connectivity index (χ1n) is 7.99. The largest absolute Gasteiger partial charge is 0.376 e. The molecule has 0 radical (unpaired) electrons. The van der Waals surface area contributed by atoms with Gasteiger partial charge in [-0.2, -0.15) is 0 Å². The molecule has 1 fully saturated rings. The van der Waals surface area contributed by atoms with Crippen molar-refractivity contribution in [2.75, 3.05) is 13.2 Å². The van der Waals surface area contributed by atoms with E-state index in [0.29, 0.717) is 12.0 Å². The second kappa shape index (κ2) is 6.58. The number of nitrogens with one attached hydrogen (secondary N) is 1. The highest BCUT2D eigenvalue weighted by Gasteiger charge is 2.18. The fourth-order valence-electron chi connectivity index (χ4n) is 2.98. The standard InChI is InChI=1S/C17H25N3O/c1-13(2)9-18-10-14-11-20(12-15-5-4-8-21-15)17-16(14)6-3-7-19-17/h3,6-7,11,13,15,18H,4-5,8-10,12H2,1-2H3. The minimum absolute atomic E-state index is 0.346. The SMILES string of the molecule is CC(C)CNCc1cn(CC2CCCO2)c2ncccc12. The van der Waals surface area contributed by atoms with Crippen LogP contribution in [0.1, 0.15) is 32.3 Å². The first-order chi connectivity index (χ1) is 10.2. The Morgan fingerprint density at radius 3 is 3.14 bits per heavy atom. The number of fused-ring (bicyclic) bond motifs is 1. The van der Waals surface area contributed by atoms with Crippen LogP contribution in [0.15, 0.2) is 24.5 Å². The highest BCUT2D eigenvalue weighted by molar-refractivity contribution is 5.80. The van der Waals surface area contributed by atoms with E-state index in [1.165, 1.54) is 17.4 Å². The smallest absolute Gasteiger partial charge is 0.140 e. The third kappa shape index (κ3) is 3.44. The van der Waals surface area contributed by atoms with E-state index in [-0.39, 0.29) is 0 Å². The normalized spacial score (nSPS) is 18.9. The third-order valence-electron chi connectivity index (χ3n) is 4.01. The Bertz CT molecular complexity index is 585. The zero-order valence-electron chi connectivity index (χ0n) is 13.0. The summed E-state index contributed by atoms with van der Waals surface area (Å²) in [6.07, 6.45) is 6.80. The molecule has 0 aromatic carbocycles. The fraction of sp³-hybridized carbons (Fsp3) is 0.588. The lowest BCUT2D eigenvalue weighted by molar-refractivity contribution is 0.0979. The van der Waals surface area contributed by atoms with Crippen molar-refractivity contribution in [3.8, 4) is 0 Å². The van der Waals surface area contributed by atoms with Gasteiger partial charge in [0.15, 0.2) is 0 Å². The summed E-state index contributed by atoms with van der Waals surface area (Å²) in [6.45, 7) is 8.22. The van der Waals surface area contributed by atoms with Gasteiger partial charge in [-0.25, -0.2) is 4.98 Å². The number of pyridine rings is 1. The topological polar surface area (TPSA) is 39.1 Å². The number of ether oxygens (including phenoxy) is 1. The van der Waals surface area contributed by atoms with Crippen molar-refractivity contribution in [1.29, 1.82) is 0 Å². The van der Waals surface area contributed by atoms with Gasteiger partial charge in [0.25, 0.3) is 0 Å². The van der Waals surface area contributed by atoms with Crippen LogP contribution in [0.4, 0.5) is 0 Å². The molecule has 0 saturated carbocycles. The van der Waals surface area contributed by atoms with Crippen LogP contribution in [0.3, 0.4) is 0 Å². The lowest BCUT2D eigenvalue weighted by atomic mass is 10.2. The van der Waals surface area contributed by atoms with E-state index >= 15 is 0 Å². The predicted octanol–water partition coefficient (Wildman–Crippen LogP) is 2.96. The Kier molecular flexibility index (Phi) is 4.56. The maximum absolute atomic E-state index is 5.76. The molecule has 1 saturated heterocycles. The molecule has 1 atom stereocenters. The lowest BCUT2D eigenvalue weighted by Gasteiger charge is -2.10. The van der Waals surface area contributed by atoms with E-state index in [0.717, 1.165) is 38.3 Å². The summed E-state index contributed by atoms with van der Waals surface area (Å²) in [6, 6.07) is 4.19. The van der Waals surface area contributed by atoms with Crippen molar-refractivity contribution >= 4 is 11.0 Å². The Morgan fingerprint density at radius 2 is 2.38 bits per heavy atom. The van der Waals surface area contributed by atoms with E-state index < -0.39 is 0 Å². The van der Waals surface area contributed by atoms with Gasteiger partial charge in [-0.1, -0.05) is 13.8 Å². The number of hydrogen-bond acceptors (Lipinski definition) is 3. The molecule has 1 N–H and O–H groups in total. The van der Waals surface area contributed by atoms with E-state index in [9.17, 15) is 0 Å². The fourth-order valence-corrected chi connectivity index (χ4v) is 2.98. The Morgan fingerprint density at radius 1 is 1.48 bits per heavy atom. The molecule has 21 heavy (non-hydrogen) atoms. The summed E-state index contributed by atoms with van der Waals surface area (Å²) in [4.78, 5) is 4.57. The van der Waals surface area contributed by atoms with Crippen LogP contribution in [-0.4, -0.2) is 28.8 Å². The second-order valence-corrected chi connectivity index (χ2v) is 6.34. The zero-order chi connectivity index (χ0) is 14.7. The van der Waals surface area contributed by atoms with Crippen molar-refractivity contribution < 1.29 is 4.74 Å². The number of hydrogen-bond donors (Lipinski definition) is 1. The highest BCUT2D eigenvalue weighted by Crippen LogP contribution is 2.22. The van der Waals surface area contributed by atoms with Gasteiger partial charge < -0.3 is 14.6 Å². The first-order valence-corrected chi connectivity index (χ1v) is 7.99. The highest BCUT2D eigenvalue weighted by atomic mass is 16.5. The average molecular weight is 287 g/mol. The summed E-state index contributed by atoms with van der Waals surface area (Å²) in [5.41, 5.74) is 2.41. The van der Waals surface area contributed by atoms with Gasteiger partial charge in [0.05, 0.1) is 12.6 Å².